The topological polar surface area (TPSA) is 83.6 Å². The zero-order valence-corrected chi connectivity index (χ0v) is 19.8. The van der Waals surface area contributed by atoms with Gasteiger partial charge in [-0.25, -0.2) is 0 Å². The Hall–Kier alpha value is -1.85. The first-order valence-corrected chi connectivity index (χ1v) is 13.2. The molecule has 0 aromatic carbocycles. The van der Waals surface area contributed by atoms with Gasteiger partial charge in [-0.1, -0.05) is 56.4 Å². The Balaban J connectivity index is 1.50. The molecule has 0 saturated heterocycles. The number of hydrogen-bond donors (Lipinski definition) is 1. The van der Waals surface area contributed by atoms with Crippen LogP contribution in [0.15, 0.2) is 22.7 Å². The highest BCUT2D eigenvalue weighted by atomic mass is 32.2. The SMILES string of the molecule is CC(Sc1nnc(Cc2cccs2)n1C1CCCCC1)C(=O)NC1(C#N)CCCCC1. The summed E-state index contributed by atoms with van der Waals surface area (Å²) in [5, 5.41) is 24.4. The molecule has 8 heteroatoms. The maximum Gasteiger partial charge on any atom is 0.234 e. The van der Waals surface area contributed by atoms with Crippen LogP contribution in [-0.4, -0.2) is 31.5 Å². The number of nitrogens with zero attached hydrogens (tertiary/aromatic N) is 4. The average Bonchev–Trinajstić information content (AvgIpc) is 3.45. The van der Waals surface area contributed by atoms with Crippen LogP contribution in [0.3, 0.4) is 0 Å². The predicted octanol–water partition coefficient (Wildman–Crippen LogP) is 5.26. The number of carbonyl (C=O) groups excluding carboxylic acids is 1. The molecule has 2 aliphatic rings. The van der Waals surface area contributed by atoms with E-state index in [1.54, 1.807) is 11.3 Å². The van der Waals surface area contributed by atoms with Crippen molar-refractivity contribution in [2.24, 2.45) is 0 Å². The average molecular weight is 458 g/mol. The lowest BCUT2D eigenvalue weighted by Crippen LogP contribution is -2.51. The third-order valence-electron chi connectivity index (χ3n) is 6.52. The van der Waals surface area contributed by atoms with Crippen LogP contribution in [-0.2, 0) is 11.2 Å². The molecule has 166 valence electrons. The van der Waals surface area contributed by atoms with Crippen molar-refractivity contribution in [3.63, 3.8) is 0 Å². The monoisotopic (exact) mass is 457 g/mol. The van der Waals surface area contributed by atoms with Gasteiger partial charge in [0.1, 0.15) is 11.4 Å². The van der Waals surface area contributed by atoms with Crippen molar-refractivity contribution in [3.8, 4) is 6.07 Å². The van der Waals surface area contributed by atoms with E-state index in [1.165, 1.54) is 35.9 Å². The fourth-order valence-electron chi connectivity index (χ4n) is 4.75. The van der Waals surface area contributed by atoms with E-state index in [0.717, 1.165) is 62.3 Å². The summed E-state index contributed by atoms with van der Waals surface area (Å²) in [5.74, 6) is 0.914. The Bertz CT molecular complexity index is 905. The Labute approximate surface area is 192 Å². The Morgan fingerprint density at radius 3 is 2.71 bits per heavy atom. The molecule has 2 aromatic heterocycles. The standard InChI is InChI=1S/C23H31N5OS2/c1-17(21(29)25-23(16-24)12-6-3-7-13-23)31-22-27-26-20(15-19-11-8-14-30-19)28(22)18-9-4-2-5-10-18/h8,11,14,17-18H,2-7,9-10,12-13,15H2,1H3,(H,25,29). The number of aromatic nitrogens is 3. The molecule has 1 unspecified atom stereocenters. The second-order valence-corrected chi connectivity index (χ2v) is 11.2. The number of hydrogen-bond acceptors (Lipinski definition) is 6. The van der Waals surface area contributed by atoms with Crippen LogP contribution in [0.1, 0.15) is 87.9 Å². The minimum absolute atomic E-state index is 0.0774. The van der Waals surface area contributed by atoms with E-state index in [0.29, 0.717) is 6.04 Å². The lowest BCUT2D eigenvalue weighted by Gasteiger charge is -2.32. The van der Waals surface area contributed by atoms with Crippen molar-refractivity contribution in [2.75, 3.05) is 0 Å². The van der Waals surface area contributed by atoms with Crippen LogP contribution < -0.4 is 5.32 Å². The first-order chi connectivity index (χ1) is 15.1. The first kappa shape index (κ1) is 22.3. The van der Waals surface area contributed by atoms with Crippen LogP contribution in [0.5, 0.6) is 0 Å². The third-order valence-corrected chi connectivity index (χ3v) is 8.46. The number of nitrogens with one attached hydrogen (secondary N) is 1. The van der Waals surface area contributed by atoms with Gasteiger partial charge in [0.25, 0.3) is 0 Å². The van der Waals surface area contributed by atoms with Gasteiger partial charge in [0, 0.05) is 17.3 Å². The molecule has 0 spiro atoms. The number of thiophene rings is 1. The number of carbonyl (C=O) groups is 1. The van der Waals surface area contributed by atoms with Crippen LogP contribution in [0.2, 0.25) is 0 Å². The van der Waals surface area contributed by atoms with E-state index in [9.17, 15) is 10.1 Å². The van der Waals surface area contributed by atoms with Crippen LogP contribution in [0, 0.1) is 11.3 Å². The van der Waals surface area contributed by atoms with Gasteiger partial charge in [0.15, 0.2) is 5.16 Å². The summed E-state index contributed by atoms with van der Waals surface area (Å²) >= 11 is 3.21. The van der Waals surface area contributed by atoms with Crippen LogP contribution in [0.4, 0.5) is 0 Å². The van der Waals surface area contributed by atoms with Crippen molar-refractivity contribution in [3.05, 3.63) is 28.2 Å². The summed E-state index contributed by atoms with van der Waals surface area (Å²) < 4.78 is 2.30. The second kappa shape index (κ2) is 10.2. The lowest BCUT2D eigenvalue weighted by atomic mass is 9.83. The maximum atomic E-state index is 13.0. The van der Waals surface area contributed by atoms with Crippen molar-refractivity contribution in [2.45, 2.75) is 99.5 Å². The van der Waals surface area contributed by atoms with E-state index in [-0.39, 0.29) is 11.2 Å². The zero-order valence-electron chi connectivity index (χ0n) is 18.2. The van der Waals surface area contributed by atoms with E-state index >= 15 is 0 Å². The molecule has 2 heterocycles. The molecule has 4 rings (SSSR count). The molecule has 2 saturated carbocycles. The molecule has 1 amide bonds. The molecule has 2 fully saturated rings. The molecular weight excluding hydrogens is 426 g/mol. The predicted molar refractivity (Wildman–Crippen MR) is 124 cm³/mol. The van der Waals surface area contributed by atoms with Gasteiger partial charge >= 0.3 is 0 Å². The molecule has 31 heavy (non-hydrogen) atoms. The Kier molecular flexibility index (Phi) is 7.34. The van der Waals surface area contributed by atoms with Gasteiger partial charge in [-0.05, 0) is 44.1 Å². The van der Waals surface area contributed by atoms with E-state index in [2.05, 4.69) is 43.7 Å². The fourth-order valence-corrected chi connectivity index (χ4v) is 6.39. The fraction of sp³-hybridized carbons (Fsp3) is 0.652. The maximum absolute atomic E-state index is 13.0. The summed E-state index contributed by atoms with van der Waals surface area (Å²) in [7, 11) is 0. The summed E-state index contributed by atoms with van der Waals surface area (Å²) in [6, 6.07) is 7.00. The zero-order chi connectivity index (χ0) is 21.7. The van der Waals surface area contributed by atoms with Crippen LogP contribution in [0.25, 0.3) is 0 Å². The van der Waals surface area contributed by atoms with Gasteiger partial charge in [-0.2, -0.15) is 5.26 Å². The van der Waals surface area contributed by atoms with Gasteiger partial charge in [-0.3, -0.25) is 4.79 Å². The van der Waals surface area contributed by atoms with E-state index in [1.807, 2.05) is 6.92 Å². The lowest BCUT2D eigenvalue weighted by molar-refractivity contribution is -0.121. The molecule has 0 aliphatic heterocycles. The summed E-state index contributed by atoms with van der Waals surface area (Å²) in [6.45, 7) is 1.91. The van der Waals surface area contributed by atoms with Gasteiger partial charge in [0.05, 0.1) is 11.3 Å². The highest BCUT2D eigenvalue weighted by molar-refractivity contribution is 8.00. The normalized spacial score (nSPS) is 20.1. The third kappa shape index (κ3) is 5.32. The minimum Gasteiger partial charge on any atom is -0.337 e. The summed E-state index contributed by atoms with van der Waals surface area (Å²) in [4.78, 5) is 14.3. The Morgan fingerprint density at radius 2 is 2.03 bits per heavy atom. The molecule has 1 atom stereocenters. The quantitative estimate of drug-likeness (QED) is 0.574. The highest BCUT2D eigenvalue weighted by Crippen LogP contribution is 2.35. The number of amides is 1. The van der Waals surface area contributed by atoms with Gasteiger partial charge in [0.2, 0.25) is 5.91 Å². The first-order valence-electron chi connectivity index (χ1n) is 11.5. The number of nitriles is 1. The van der Waals surface area contributed by atoms with Crippen molar-refractivity contribution < 1.29 is 4.79 Å². The van der Waals surface area contributed by atoms with Crippen LogP contribution >= 0.6 is 23.1 Å². The summed E-state index contributed by atoms with van der Waals surface area (Å²) in [6.07, 6.45) is 11.4. The molecular formula is C23H31N5OS2. The smallest absolute Gasteiger partial charge is 0.234 e. The minimum atomic E-state index is -0.703. The molecule has 1 N–H and O–H groups in total. The Morgan fingerprint density at radius 1 is 1.29 bits per heavy atom. The van der Waals surface area contributed by atoms with Crippen molar-refractivity contribution >= 4 is 29.0 Å². The molecule has 6 nitrogen and oxygen atoms in total. The second-order valence-electron chi connectivity index (χ2n) is 8.82. The molecule has 0 radical (unpaired) electrons. The molecule has 0 bridgehead atoms. The summed E-state index contributed by atoms with van der Waals surface area (Å²) in [5.41, 5.74) is -0.703. The highest BCUT2D eigenvalue weighted by Gasteiger charge is 2.35. The van der Waals surface area contributed by atoms with Crippen molar-refractivity contribution in [1.82, 2.24) is 20.1 Å². The number of thioether (sulfide) groups is 1. The molecule has 2 aliphatic carbocycles. The van der Waals surface area contributed by atoms with Gasteiger partial charge < -0.3 is 9.88 Å². The largest absolute Gasteiger partial charge is 0.337 e. The molecule has 2 aromatic rings. The van der Waals surface area contributed by atoms with Crippen molar-refractivity contribution in [1.29, 1.82) is 5.26 Å². The van der Waals surface area contributed by atoms with E-state index < -0.39 is 5.54 Å². The number of rotatable bonds is 7. The van der Waals surface area contributed by atoms with E-state index in [4.69, 9.17) is 0 Å². The van der Waals surface area contributed by atoms with Gasteiger partial charge in [-0.15, -0.1) is 21.5 Å².